The lowest BCUT2D eigenvalue weighted by Gasteiger charge is -2.13. The molecule has 3 N–H and O–H groups in total. The van der Waals surface area contributed by atoms with E-state index in [9.17, 15) is 9.59 Å². The van der Waals surface area contributed by atoms with E-state index < -0.39 is 11.8 Å². The molecule has 0 spiro atoms. The van der Waals surface area contributed by atoms with Crippen LogP contribution in [0, 0.1) is 0 Å². The molecule has 2 aromatic rings. The number of amides is 2. The van der Waals surface area contributed by atoms with Gasteiger partial charge in [-0.2, -0.15) is 5.10 Å². The van der Waals surface area contributed by atoms with Gasteiger partial charge in [0.1, 0.15) is 5.75 Å². The number of hydrazone groups is 1. The molecule has 0 aliphatic rings. The minimum Gasteiger partial charge on any atom is -0.508 e. The topological polar surface area (TPSA) is 90.8 Å². The fourth-order valence-corrected chi connectivity index (χ4v) is 1.86. The van der Waals surface area contributed by atoms with Crippen molar-refractivity contribution in [2.45, 2.75) is 13.0 Å². The maximum absolute atomic E-state index is 11.8. The molecule has 0 radical (unpaired) electrons. The van der Waals surface area contributed by atoms with E-state index in [0.717, 1.165) is 5.56 Å². The molecule has 0 heterocycles. The molecule has 2 aromatic carbocycles. The van der Waals surface area contributed by atoms with Crippen molar-refractivity contribution in [1.82, 2.24) is 10.7 Å². The molecule has 0 saturated heterocycles. The SMILES string of the molecule is C[C@H](NC(=O)C(=O)N/N=C/c1ccc(O)cc1)c1ccccc1. The second-order valence-corrected chi connectivity index (χ2v) is 4.90. The molecule has 6 nitrogen and oxygen atoms in total. The highest BCUT2D eigenvalue weighted by atomic mass is 16.3. The molecule has 2 rings (SSSR count). The fraction of sp³-hybridized carbons (Fsp3) is 0.118. The van der Waals surface area contributed by atoms with Crippen molar-refractivity contribution in [2.24, 2.45) is 5.10 Å². The Balaban J connectivity index is 1.85. The summed E-state index contributed by atoms with van der Waals surface area (Å²) in [7, 11) is 0. The lowest BCUT2D eigenvalue weighted by Crippen LogP contribution is -2.39. The van der Waals surface area contributed by atoms with Gasteiger partial charge in [-0.15, -0.1) is 0 Å². The van der Waals surface area contributed by atoms with Gasteiger partial charge in [0.15, 0.2) is 0 Å². The van der Waals surface area contributed by atoms with E-state index in [2.05, 4.69) is 15.8 Å². The van der Waals surface area contributed by atoms with E-state index in [1.54, 1.807) is 19.1 Å². The third-order valence-electron chi connectivity index (χ3n) is 3.13. The van der Waals surface area contributed by atoms with Crippen LogP contribution in [-0.4, -0.2) is 23.1 Å². The van der Waals surface area contributed by atoms with Crippen LogP contribution in [0.25, 0.3) is 0 Å². The zero-order chi connectivity index (χ0) is 16.7. The Kier molecular flexibility index (Phi) is 5.46. The largest absolute Gasteiger partial charge is 0.508 e. The van der Waals surface area contributed by atoms with Crippen molar-refractivity contribution >= 4 is 18.0 Å². The minimum atomic E-state index is -0.845. The zero-order valence-corrected chi connectivity index (χ0v) is 12.6. The summed E-state index contributed by atoms with van der Waals surface area (Å²) in [6, 6.07) is 15.3. The number of carbonyl (C=O) groups is 2. The molecular weight excluding hydrogens is 294 g/mol. The summed E-state index contributed by atoms with van der Waals surface area (Å²) in [6.07, 6.45) is 1.38. The molecule has 0 aliphatic heterocycles. The van der Waals surface area contributed by atoms with Crippen molar-refractivity contribution in [3.8, 4) is 5.75 Å². The Morgan fingerprint density at radius 2 is 1.70 bits per heavy atom. The van der Waals surface area contributed by atoms with E-state index in [1.165, 1.54) is 18.3 Å². The third-order valence-corrected chi connectivity index (χ3v) is 3.13. The number of benzene rings is 2. The molecular formula is C17H17N3O3. The molecule has 6 heteroatoms. The number of phenolic OH excluding ortho intramolecular Hbond substituents is 1. The molecule has 0 unspecified atom stereocenters. The molecule has 0 bridgehead atoms. The lowest BCUT2D eigenvalue weighted by atomic mass is 10.1. The number of rotatable bonds is 4. The molecule has 0 saturated carbocycles. The summed E-state index contributed by atoms with van der Waals surface area (Å²) in [6.45, 7) is 1.79. The molecule has 0 aromatic heterocycles. The van der Waals surface area contributed by atoms with Crippen LogP contribution in [0.2, 0.25) is 0 Å². The predicted molar refractivity (Wildman–Crippen MR) is 86.8 cm³/mol. The average molecular weight is 311 g/mol. The van der Waals surface area contributed by atoms with Gasteiger partial charge in [-0.25, -0.2) is 5.43 Å². The fourth-order valence-electron chi connectivity index (χ4n) is 1.86. The van der Waals surface area contributed by atoms with Gasteiger partial charge in [0.05, 0.1) is 12.3 Å². The van der Waals surface area contributed by atoms with Crippen LogP contribution in [0.5, 0.6) is 5.75 Å². The van der Waals surface area contributed by atoms with Crippen LogP contribution >= 0.6 is 0 Å². The molecule has 23 heavy (non-hydrogen) atoms. The van der Waals surface area contributed by atoms with Gasteiger partial charge in [0.2, 0.25) is 0 Å². The van der Waals surface area contributed by atoms with E-state index in [-0.39, 0.29) is 11.8 Å². The summed E-state index contributed by atoms with van der Waals surface area (Å²) in [5.74, 6) is -1.47. The smallest absolute Gasteiger partial charge is 0.329 e. The Bertz CT molecular complexity index is 697. The first-order valence-electron chi connectivity index (χ1n) is 7.04. The monoisotopic (exact) mass is 311 g/mol. The van der Waals surface area contributed by atoms with Gasteiger partial charge in [-0.1, -0.05) is 30.3 Å². The molecule has 1 atom stereocenters. The van der Waals surface area contributed by atoms with Crippen LogP contribution in [-0.2, 0) is 9.59 Å². The first-order chi connectivity index (χ1) is 11.1. The average Bonchev–Trinajstić information content (AvgIpc) is 2.57. The predicted octanol–water partition coefficient (Wildman–Crippen LogP) is 1.72. The zero-order valence-electron chi connectivity index (χ0n) is 12.6. The standard InChI is InChI=1S/C17H17N3O3/c1-12(14-5-3-2-4-6-14)19-16(22)17(23)20-18-11-13-7-9-15(21)10-8-13/h2-12,21H,1H3,(H,19,22)(H,20,23)/b18-11+/t12-/m0/s1. The number of hydrogen-bond donors (Lipinski definition) is 3. The molecule has 0 fully saturated rings. The highest BCUT2D eigenvalue weighted by Gasteiger charge is 2.16. The first-order valence-corrected chi connectivity index (χ1v) is 7.04. The highest BCUT2D eigenvalue weighted by Crippen LogP contribution is 2.10. The van der Waals surface area contributed by atoms with Crippen molar-refractivity contribution in [3.05, 3.63) is 65.7 Å². The third kappa shape index (κ3) is 4.96. The summed E-state index contributed by atoms with van der Waals surface area (Å²) in [5, 5.41) is 15.5. The maximum Gasteiger partial charge on any atom is 0.329 e. The van der Waals surface area contributed by atoms with Crippen molar-refractivity contribution < 1.29 is 14.7 Å². The molecule has 2 amide bonds. The Morgan fingerprint density at radius 3 is 2.35 bits per heavy atom. The van der Waals surface area contributed by atoms with E-state index in [1.807, 2.05) is 30.3 Å². The number of hydrogen-bond acceptors (Lipinski definition) is 4. The van der Waals surface area contributed by atoms with Gasteiger partial charge in [-0.05, 0) is 42.3 Å². The van der Waals surface area contributed by atoms with Crippen molar-refractivity contribution in [2.75, 3.05) is 0 Å². The number of carbonyl (C=O) groups excluding carboxylic acids is 2. The number of aromatic hydroxyl groups is 1. The molecule has 118 valence electrons. The van der Waals surface area contributed by atoms with E-state index in [4.69, 9.17) is 5.11 Å². The quantitative estimate of drug-likeness (QED) is 0.456. The van der Waals surface area contributed by atoms with Crippen LogP contribution in [0.4, 0.5) is 0 Å². The van der Waals surface area contributed by atoms with E-state index >= 15 is 0 Å². The Hall–Kier alpha value is -3.15. The van der Waals surface area contributed by atoms with Gasteiger partial charge < -0.3 is 10.4 Å². The maximum atomic E-state index is 11.8. The summed E-state index contributed by atoms with van der Waals surface area (Å²) >= 11 is 0. The van der Waals surface area contributed by atoms with Crippen molar-refractivity contribution in [1.29, 1.82) is 0 Å². The first kappa shape index (κ1) is 16.2. The lowest BCUT2D eigenvalue weighted by molar-refractivity contribution is -0.139. The molecule has 0 aliphatic carbocycles. The number of phenols is 1. The van der Waals surface area contributed by atoms with Gasteiger partial charge in [0.25, 0.3) is 0 Å². The van der Waals surface area contributed by atoms with Gasteiger partial charge in [0, 0.05) is 0 Å². The van der Waals surface area contributed by atoms with Crippen LogP contribution in [0.1, 0.15) is 24.1 Å². The van der Waals surface area contributed by atoms with Gasteiger partial charge in [-0.3, -0.25) is 9.59 Å². The van der Waals surface area contributed by atoms with Crippen LogP contribution in [0.15, 0.2) is 59.7 Å². The van der Waals surface area contributed by atoms with Gasteiger partial charge >= 0.3 is 11.8 Å². The second kappa shape index (κ2) is 7.74. The number of nitrogens with one attached hydrogen (secondary N) is 2. The van der Waals surface area contributed by atoms with Crippen LogP contribution < -0.4 is 10.7 Å². The minimum absolute atomic E-state index is 0.139. The van der Waals surface area contributed by atoms with Crippen molar-refractivity contribution in [3.63, 3.8) is 0 Å². The summed E-state index contributed by atoms with van der Waals surface area (Å²) < 4.78 is 0. The second-order valence-electron chi connectivity index (χ2n) is 4.90. The Morgan fingerprint density at radius 1 is 1.04 bits per heavy atom. The van der Waals surface area contributed by atoms with E-state index in [0.29, 0.717) is 5.56 Å². The summed E-state index contributed by atoms with van der Waals surface area (Å²) in [5.41, 5.74) is 3.74. The summed E-state index contributed by atoms with van der Waals surface area (Å²) in [4.78, 5) is 23.5. The number of nitrogens with zero attached hydrogens (tertiary/aromatic N) is 1. The van der Waals surface area contributed by atoms with Crippen LogP contribution in [0.3, 0.4) is 0 Å². The normalized spacial score (nSPS) is 11.9. The Labute approximate surface area is 133 Å². The highest BCUT2D eigenvalue weighted by molar-refractivity contribution is 6.35.